The largest absolute Gasteiger partial charge is 0.390 e. The number of alkyl halides is 1. The molecule has 2 aromatic carbocycles. The first-order valence-electron chi connectivity index (χ1n) is 6.31. The molecule has 0 saturated carbocycles. The van der Waals surface area contributed by atoms with Crippen molar-refractivity contribution in [3.8, 4) is 17.2 Å². The van der Waals surface area contributed by atoms with Crippen molar-refractivity contribution in [3.05, 3.63) is 54.1 Å². The molecule has 0 heterocycles. The Bertz CT molecular complexity index is 622. The lowest BCUT2D eigenvalue weighted by Crippen LogP contribution is -2.20. The summed E-state index contributed by atoms with van der Waals surface area (Å²) < 4.78 is 0. The number of hydrogen-bond donors (Lipinski definition) is 2. The van der Waals surface area contributed by atoms with Gasteiger partial charge in [-0.05, 0) is 35.4 Å². The summed E-state index contributed by atoms with van der Waals surface area (Å²) in [5.74, 6) is 0.205. The van der Waals surface area contributed by atoms with E-state index in [4.69, 9.17) is 16.9 Å². The highest BCUT2D eigenvalue weighted by atomic mass is 35.5. The summed E-state index contributed by atoms with van der Waals surface area (Å²) in [6.45, 7) is 0.408. The first kappa shape index (κ1) is 14.4. The van der Waals surface area contributed by atoms with E-state index < -0.39 is 6.10 Å². The number of anilines is 1. The van der Waals surface area contributed by atoms with Crippen LogP contribution in [0.2, 0.25) is 0 Å². The van der Waals surface area contributed by atoms with Gasteiger partial charge in [0, 0.05) is 12.2 Å². The molecule has 2 N–H and O–H groups in total. The van der Waals surface area contributed by atoms with Crippen LogP contribution in [0, 0.1) is 11.3 Å². The third-order valence-electron chi connectivity index (χ3n) is 2.91. The molecule has 1 unspecified atom stereocenters. The van der Waals surface area contributed by atoms with Gasteiger partial charge in [0.05, 0.1) is 23.6 Å². The van der Waals surface area contributed by atoms with Gasteiger partial charge in [0.1, 0.15) is 0 Å². The van der Waals surface area contributed by atoms with Gasteiger partial charge in [-0.25, -0.2) is 0 Å². The number of nitrogens with one attached hydrogen (secondary N) is 1. The smallest absolute Gasteiger partial charge is 0.0991 e. The van der Waals surface area contributed by atoms with Crippen molar-refractivity contribution in [3.63, 3.8) is 0 Å². The summed E-state index contributed by atoms with van der Waals surface area (Å²) in [6, 6.07) is 17.4. The van der Waals surface area contributed by atoms with E-state index in [0.29, 0.717) is 12.1 Å². The van der Waals surface area contributed by atoms with E-state index in [1.807, 2.05) is 42.5 Å². The molecule has 0 aliphatic heterocycles. The van der Waals surface area contributed by atoms with Crippen LogP contribution in [0.5, 0.6) is 0 Å². The van der Waals surface area contributed by atoms with Crippen LogP contribution in [0.3, 0.4) is 0 Å². The van der Waals surface area contributed by atoms with Gasteiger partial charge in [0.2, 0.25) is 0 Å². The number of hydrogen-bond acceptors (Lipinski definition) is 3. The molecule has 0 bridgehead atoms. The molecule has 1 atom stereocenters. The maximum atomic E-state index is 9.44. The maximum absolute atomic E-state index is 9.44. The lowest BCUT2D eigenvalue weighted by Gasteiger charge is -2.11. The number of aliphatic hydroxyl groups excluding tert-OH is 1. The summed E-state index contributed by atoms with van der Waals surface area (Å²) in [5, 5.41) is 21.5. The molecule has 3 nitrogen and oxygen atoms in total. The van der Waals surface area contributed by atoms with Crippen LogP contribution in [0.25, 0.3) is 11.1 Å². The highest BCUT2D eigenvalue weighted by molar-refractivity contribution is 6.18. The molecule has 4 heteroatoms. The van der Waals surface area contributed by atoms with Crippen molar-refractivity contribution in [1.82, 2.24) is 0 Å². The monoisotopic (exact) mass is 286 g/mol. The van der Waals surface area contributed by atoms with Crippen LogP contribution in [0.4, 0.5) is 5.69 Å². The van der Waals surface area contributed by atoms with E-state index in [1.165, 1.54) is 0 Å². The van der Waals surface area contributed by atoms with Gasteiger partial charge in [0.15, 0.2) is 0 Å². The van der Waals surface area contributed by atoms with Gasteiger partial charge in [-0.2, -0.15) is 5.26 Å². The van der Waals surface area contributed by atoms with Crippen LogP contribution in [0.1, 0.15) is 5.56 Å². The average molecular weight is 287 g/mol. The Kier molecular flexibility index (Phi) is 5.00. The molecule has 0 aliphatic rings. The number of rotatable bonds is 5. The molecule has 0 radical (unpaired) electrons. The standard InChI is InChI=1S/C16H15ClN2O/c17-9-16(20)11-19-15-6-2-5-14(8-15)13-4-1-3-12(7-13)10-18/h1-8,16,19-20H,9,11H2. The minimum absolute atomic E-state index is 0.205. The maximum Gasteiger partial charge on any atom is 0.0991 e. The second-order valence-electron chi connectivity index (χ2n) is 4.46. The predicted octanol–water partition coefficient (Wildman–Crippen LogP) is 3.24. The van der Waals surface area contributed by atoms with E-state index in [1.54, 1.807) is 6.07 Å². The highest BCUT2D eigenvalue weighted by Gasteiger charge is 2.03. The zero-order valence-electron chi connectivity index (χ0n) is 10.9. The third kappa shape index (κ3) is 3.74. The SMILES string of the molecule is N#Cc1cccc(-c2cccc(NCC(O)CCl)c2)c1. The number of aliphatic hydroxyl groups is 1. The molecule has 2 aromatic rings. The molecule has 102 valence electrons. The molecule has 0 saturated heterocycles. The Balaban J connectivity index is 2.19. The lowest BCUT2D eigenvalue weighted by molar-refractivity contribution is 0.211. The van der Waals surface area contributed by atoms with Crippen molar-refractivity contribution in [2.45, 2.75) is 6.10 Å². The topological polar surface area (TPSA) is 56.0 Å². The number of benzene rings is 2. The van der Waals surface area contributed by atoms with Crippen molar-refractivity contribution < 1.29 is 5.11 Å². The second-order valence-corrected chi connectivity index (χ2v) is 4.77. The van der Waals surface area contributed by atoms with Crippen molar-refractivity contribution in [1.29, 1.82) is 5.26 Å². The molecular weight excluding hydrogens is 272 g/mol. The predicted molar refractivity (Wildman–Crippen MR) is 81.8 cm³/mol. The quantitative estimate of drug-likeness (QED) is 0.830. The molecule has 20 heavy (non-hydrogen) atoms. The Morgan fingerprint density at radius 2 is 1.85 bits per heavy atom. The molecule has 0 fully saturated rings. The van der Waals surface area contributed by atoms with Crippen molar-refractivity contribution in [2.24, 2.45) is 0 Å². The minimum atomic E-state index is -0.567. The van der Waals surface area contributed by atoms with Gasteiger partial charge in [-0.3, -0.25) is 0 Å². The number of halogens is 1. The lowest BCUT2D eigenvalue weighted by atomic mass is 10.0. The average Bonchev–Trinajstić information content (AvgIpc) is 2.53. The van der Waals surface area contributed by atoms with Crippen LogP contribution in [-0.2, 0) is 0 Å². The van der Waals surface area contributed by atoms with Gasteiger partial charge in [0.25, 0.3) is 0 Å². The van der Waals surface area contributed by atoms with Crippen molar-refractivity contribution >= 4 is 17.3 Å². The molecule has 0 amide bonds. The fourth-order valence-electron chi connectivity index (χ4n) is 1.87. The number of nitrogens with zero attached hydrogens (tertiary/aromatic N) is 1. The summed E-state index contributed by atoms with van der Waals surface area (Å²) in [6.07, 6.45) is -0.567. The van der Waals surface area contributed by atoms with Crippen LogP contribution >= 0.6 is 11.6 Å². The summed E-state index contributed by atoms with van der Waals surface area (Å²) in [4.78, 5) is 0. The van der Waals surface area contributed by atoms with Gasteiger partial charge >= 0.3 is 0 Å². The Hall–Kier alpha value is -2.02. The molecule has 0 aromatic heterocycles. The Labute approximate surface area is 123 Å². The van der Waals surface area contributed by atoms with Crippen LogP contribution in [0.15, 0.2) is 48.5 Å². The molecular formula is C16H15ClN2O. The van der Waals surface area contributed by atoms with E-state index in [-0.39, 0.29) is 5.88 Å². The Morgan fingerprint density at radius 1 is 1.15 bits per heavy atom. The van der Waals surface area contributed by atoms with E-state index in [0.717, 1.165) is 16.8 Å². The third-order valence-corrected chi connectivity index (χ3v) is 3.26. The zero-order valence-corrected chi connectivity index (χ0v) is 11.6. The fraction of sp³-hybridized carbons (Fsp3) is 0.188. The molecule has 2 rings (SSSR count). The Morgan fingerprint density at radius 3 is 2.55 bits per heavy atom. The zero-order chi connectivity index (χ0) is 14.4. The fourth-order valence-corrected chi connectivity index (χ4v) is 1.98. The van der Waals surface area contributed by atoms with E-state index in [9.17, 15) is 5.11 Å². The minimum Gasteiger partial charge on any atom is -0.390 e. The van der Waals surface area contributed by atoms with E-state index >= 15 is 0 Å². The molecule has 0 spiro atoms. The first-order valence-corrected chi connectivity index (χ1v) is 6.85. The first-order chi connectivity index (χ1) is 9.72. The van der Waals surface area contributed by atoms with Gasteiger partial charge in [-0.15, -0.1) is 11.6 Å². The van der Waals surface area contributed by atoms with Gasteiger partial charge in [-0.1, -0.05) is 24.3 Å². The van der Waals surface area contributed by atoms with Crippen molar-refractivity contribution in [2.75, 3.05) is 17.7 Å². The summed E-state index contributed by atoms with van der Waals surface area (Å²) >= 11 is 5.56. The number of nitriles is 1. The molecule has 0 aliphatic carbocycles. The summed E-state index contributed by atoms with van der Waals surface area (Å²) in [5.41, 5.74) is 3.56. The van der Waals surface area contributed by atoms with Crippen LogP contribution < -0.4 is 5.32 Å². The second kappa shape index (κ2) is 6.95. The normalized spacial score (nSPS) is 11.7. The van der Waals surface area contributed by atoms with Crippen LogP contribution in [-0.4, -0.2) is 23.6 Å². The van der Waals surface area contributed by atoms with Gasteiger partial charge < -0.3 is 10.4 Å². The van der Waals surface area contributed by atoms with E-state index in [2.05, 4.69) is 11.4 Å². The summed E-state index contributed by atoms with van der Waals surface area (Å²) in [7, 11) is 0. The highest BCUT2D eigenvalue weighted by Crippen LogP contribution is 2.23.